The summed E-state index contributed by atoms with van der Waals surface area (Å²) in [4.78, 5) is 1.50. The minimum atomic E-state index is 0. The molecule has 0 bridgehead atoms. The van der Waals surface area contributed by atoms with Crippen LogP contribution in [-0.4, -0.2) is 13.3 Å². The smallest absolute Gasteiger partial charge is 0.373 e. The van der Waals surface area contributed by atoms with Crippen molar-refractivity contribution in [2.24, 2.45) is 0 Å². The van der Waals surface area contributed by atoms with Crippen molar-refractivity contribution in [1.29, 1.82) is 0 Å². The number of hydrogen-bond acceptors (Lipinski definition) is 0. The van der Waals surface area contributed by atoms with Crippen LogP contribution in [0.25, 0.3) is 16.0 Å². The van der Waals surface area contributed by atoms with Crippen LogP contribution in [0.1, 0.15) is 0 Å². The van der Waals surface area contributed by atoms with Crippen molar-refractivity contribution in [3.05, 3.63) is 46.3 Å². The fraction of sp³-hybridized carbons (Fsp3) is 0.250. The SMILES string of the molecule is CP(C)c1ccccc1.[Au+].[N-]=[N+]=[N-]. The average Bonchev–Trinajstić information content (AvgIpc) is 2.07. The second kappa shape index (κ2) is 9.79. The molecule has 0 unspecified atom stereocenters. The third kappa shape index (κ3) is 8.04. The van der Waals surface area contributed by atoms with Gasteiger partial charge in [0.05, 0.1) is 0 Å². The summed E-state index contributed by atoms with van der Waals surface area (Å²) in [6, 6.07) is 10.6. The van der Waals surface area contributed by atoms with E-state index >= 15 is 0 Å². The Hall–Kier alpha value is -0.300. The second-order valence-corrected chi connectivity index (χ2v) is 4.62. The Morgan fingerprint density at radius 2 is 1.46 bits per heavy atom. The molecule has 0 radical (unpaired) electrons. The van der Waals surface area contributed by atoms with Gasteiger partial charge in [-0.25, -0.2) is 0 Å². The van der Waals surface area contributed by atoms with Crippen LogP contribution in [0.2, 0.25) is 0 Å². The molecule has 0 aliphatic heterocycles. The normalized spacial score (nSPS) is 7.62. The van der Waals surface area contributed by atoms with Gasteiger partial charge in [-0.2, -0.15) is 0 Å². The second-order valence-electron chi connectivity index (χ2n) is 2.32. The molecule has 5 heteroatoms. The minimum absolute atomic E-state index is 0. The number of rotatable bonds is 1. The van der Waals surface area contributed by atoms with Crippen LogP contribution in [0.15, 0.2) is 30.3 Å². The first-order valence-electron chi connectivity index (χ1n) is 3.43. The van der Waals surface area contributed by atoms with Gasteiger partial charge in [0.2, 0.25) is 0 Å². The van der Waals surface area contributed by atoms with Gasteiger partial charge < -0.3 is 11.1 Å². The number of nitrogens with zero attached hydrogens (tertiary/aromatic N) is 3. The maximum absolute atomic E-state index is 6.75. The van der Waals surface area contributed by atoms with E-state index < -0.39 is 0 Å². The molecule has 0 saturated heterocycles. The van der Waals surface area contributed by atoms with Crippen LogP contribution in [-0.2, 0) is 22.4 Å². The van der Waals surface area contributed by atoms with E-state index in [0.717, 1.165) is 0 Å². The molecule has 0 aliphatic rings. The van der Waals surface area contributed by atoms with Gasteiger partial charge in [-0.3, -0.25) is 4.91 Å². The number of hydrogen-bond donors (Lipinski definition) is 0. The van der Waals surface area contributed by atoms with E-state index in [4.69, 9.17) is 11.1 Å². The molecule has 0 aromatic heterocycles. The summed E-state index contributed by atoms with van der Waals surface area (Å²) < 4.78 is 0. The molecule has 74 valence electrons. The maximum Gasteiger partial charge on any atom is 1.00 e. The Morgan fingerprint density at radius 1 is 1.08 bits per heavy atom. The van der Waals surface area contributed by atoms with Crippen LogP contribution >= 0.6 is 7.92 Å². The molecule has 0 N–H and O–H groups in total. The first kappa shape index (κ1) is 15.2. The molecule has 1 aromatic rings. The summed E-state index contributed by atoms with van der Waals surface area (Å²) in [5.41, 5.74) is 13.5. The number of benzene rings is 1. The molecule has 0 atom stereocenters. The monoisotopic (exact) mass is 377 g/mol. The van der Waals surface area contributed by atoms with Crippen molar-refractivity contribution in [1.82, 2.24) is 0 Å². The average molecular weight is 377 g/mol. The van der Waals surface area contributed by atoms with Crippen LogP contribution in [0.5, 0.6) is 0 Å². The Balaban J connectivity index is 0. The topological polar surface area (TPSA) is 58.7 Å². The van der Waals surface area contributed by atoms with E-state index in [2.05, 4.69) is 43.7 Å². The van der Waals surface area contributed by atoms with Crippen LogP contribution in [0.4, 0.5) is 0 Å². The van der Waals surface area contributed by atoms with Gasteiger partial charge in [0.15, 0.2) is 0 Å². The Labute approximate surface area is 95.2 Å². The molecular weight excluding hydrogens is 366 g/mol. The van der Waals surface area contributed by atoms with Crippen molar-refractivity contribution in [2.45, 2.75) is 0 Å². The fourth-order valence-corrected chi connectivity index (χ4v) is 1.49. The predicted molar refractivity (Wildman–Crippen MR) is 54.9 cm³/mol. The van der Waals surface area contributed by atoms with E-state index in [0.29, 0.717) is 0 Å². The Kier molecular flexibility index (Phi) is 11.4. The first-order valence-corrected chi connectivity index (χ1v) is 5.66. The zero-order chi connectivity index (χ0) is 9.40. The summed E-state index contributed by atoms with van der Waals surface area (Å²) in [6.45, 7) is 4.54. The molecule has 0 spiro atoms. The molecule has 0 amide bonds. The predicted octanol–water partition coefficient (Wildman–Crippen LogP) is 2.92. The first-order chi connectivity index (χ1) is 5.72. The molecule has 0 heterocycles. The summed E-state index contributed by atoms with van der Waals surface area (Å²) in [5.74, 6) is 0. The van der Waals surface area contributed by atoms with E-state index in [-0.39, 0.29) is 30.3 Å². The van der Waals surface area contributed by atoms with Gasteiger partial charge in [-0.05, 0) is 18.6 Å². The van der Waals surface area contributed by atoms with Crippen LogP contribution < -0.4 is 5.30 Å². The molecule has 3 nitrogen and oxygen atoms in total. The van der Waals surface area contributed by atoms with Crippen molar-refractivity contribution in [3.63, 3.8) is 0 Å². The molecule has 0 aliphatic carbocycles. The summed E-state index contributed by atoms with van der Waals surface area (Å²) in [6.07, 6.45) is 0. The van der Waals surface area contributed by atoms with Gasteiger partial charge in [0.1, 0.15) is 0 Å². The van der Waals surface area contributed by atoms with Gasteiger partial charge in [-0.1, -0.05) is 38.3 Å². The van der Waals surface area contributed by atoms with Gasteiger partial charge in [0.25, 0.3) is 0 Å². The van der Waals surface area contributed by atoms with E-state index in [1.165, 1.54) is 10.2 Å². The summed E-state index contributed by atoms with van der Waals surface area (Å²) >= 11 is 0. The quantitative estimate of drug-likeness (QED) is 0.238. The van der Waals surface area contributed by atoms with Crippen molar-refractivity contribution < 1.29 is 22.4 Å². The minimum Gasteiger partial charge on any atom is -0.373 e. The zero-order valence-electron chi connectivity index (χ0n) is 7.48. The third-order valence-corrected chi connectivity index (χ3v) is 2.60. The van der Waals surface area contributed by atoms with Gasteiger partial charge in [0, 0.05) is 0 Å². The standard InChI is InChI=1S/C8H11P.Au.N3/c1-9(2)8-6-4-3-5-7-8;;1-3-2/h3-7H,1-2H3;;/q;+1;-1. The van der Waals surface area contributed by atoms with Crippen LogP contribution in [0.3, 0.4) is 0 Å². The summed E-state index contributed by atoms with van der Waals surface area (Å²) in [7, 11) is 0.104. The maximum atomic E-state index is 6.75. The van der Waals surface area contributed by atoms with E-state index in [1.54, 1.807) is 0 Å². The summed E-state index contributed by atoms with van der Waals surface area (Å²) in [5, 5.41) is 1.48. The Morgan fingerprint density at radius 3 is 1.69 bits per heavy atom. The molecule has 13 heavy (non-hydrogen) atoms. The fourth-order valence-electron chi connectivity index (χ4n) is 0.726. The Bertz CT molecular complexity index is 245. The molecular formula is C8H11AuN3P. The van der Waals surface area contributed by atoms with Crippen molar-refractivity contribution in [3.8, 4) is 0 Å². The van der Waals surface area contributed by atoms with Gasteiger partial charge >= 0.3 is 22.4 Å². The zero-order valence-corrected chi connectivity index (χ0v) is 10.5. The van der Waals surface area contributed by atoms with Crippen molar-refractivity contribution in [2.75, 3.05) is 13.3 Å². The molecule has 1 aromatic carbocycles. The van der Waals surface area contributed by atoms with E-state index in [9.17, 15) is 0 Å². The molecule has 0 fully saturated rings. The van der Waals surface area contributed by atoms with E-state index in [1.807, 2.05) is 0 Å². The van der Waals surface area contributed by atoms with Crippen molar-refractivity contribution >= 4 is 13.2 Å². The third-order valence-electron chi connectivity index (χ3n) is 1.27. The van der Waals surface area contributed by atoms with Crippen LogP contribution in [0, 0.1) is 0 Å². The molecule has 1 rings (SSSR count). The molecule has 0 saturated carbocycles. The van der Waals surface area contributed by atoms with Gasteiger partial charge in [-0.15, -0.1) is 0 Å². The largest absolute Gasteiger partial charge is 1.00 e.